The van der Waals surface area contributed by atoms with E-state index in [9.17, 15) is 0 Å². The van der Waals surface area contributed by atoms with Crippen molar-refractivity contribution in [3.8, 4) is 0 Å². The lowest BCUT2D eigenvalue weighted by Crippen LogP contribution is -2.61. The van der Waals surface area contributed by atoms with Crippen molar-refractivity contribution in [2.75, 3.05) is 14.7 Å². The largest absolute Gasteiger partial charge is 0.311 e. The first kappa shape index (κ1) is 53.8. The highest BCUT2D eigenvalue weighted by atomic mass is 32.1. The minimum Gasteiger partial charge on any atom is -0.311 e. The van der Waals surface area contributed by atoms with Gasteiger partial charge in [0.25, 0.3) is 6.71 Å². The molecule has 0 saturated heterocycles. The van der Waals surface area contributed by atoms with Crippen molar-refractivity contribution in [1.82, 2.24) is 0 Å². The molecule has 3 aliphatic carbocycles. The Balaban J connectivity index is 1.09. The standard InChI is InChI=1S/C79H82BN3S2/c1-45(2)47-22-26-49(27-23-47)81(50-28-24-48(25-29-50)46(3)4)52-39-66-69-67(40-52)83-64-21-17-19-54-53-18-16-20-57(71(53)85-72(54)64)79(15)37-36-78(13,14)61-44-68-55(41-62(61)79)70(83)73(84-68)80(69)63-42-59-60(77(11,12)35-34-76(59,9)10)43-65(63)82(66)51-30-31-56-58(38-51)75(7,8)33-32-74(56,5)6/h16-31,38-46H,32-37H2,1-15H3. The van der Waals surface area contributed by atoms with Crippen molar-refractivity contribution in [2.45, 2.75) is 187 Å². The summed E-state index contributed by atoms with van der Waals surface area (Å²) in [6.07, 6.45) is 6.90. The van der Waals surface area contributed by atoms with Crippen LogP contribution in [0.5, 0.6) is 0 Å². The topological polar surface area (TPSA) is 9.72 Å². The van der Waals surface area contributed by atoms with Gasteiger partial charge in [0.1, 0.15) is 0 Å². The smallest absolute Gasteiger partial charge is 0.264 e. The first-order valence-corrected chi connectivity index (χ1v) is 33.7. The average Bonchev–Trinajstić information content (AvgIpc) is 1.75. The molecule has 0 fully saturated rings. The van der Waals surface area contributed by atoms with Crippen LogP contribution in [0.25, 0.3) is 30.3 Å². The fourth-order valence-electron chi connectivity index (χ4n) is 17.0. The van der Waals surface area contributed by atoms with Crippen LogP contribution in [-0.4, -0.2) is 6.71 Å². The van der Waals surface area contributed by atoms with E-state index in [0.29, 0.717) is 11.8 Å². The molecule has 3 nitrogen and oxygen atoms in total. The molecular weight excluding hydrogens is 1070 g/mol. The molecule has 3 aliphatic heterocycles. The van der Waals surface area contributed by atoms with Crippen LogP contribution < -0.4 is 30.4 Å². The van der Waals surface area contributed by atoms with Crippen molar-refractivity contribution in [2.24, 2.45) is 0 Å². The Labute approximate surface area is 514 Å². The molecule has 0 spiro atoms. The van der Waals surface area contributed by atoms with Crippen molar-refractivity contribution >= 4 is 127 Å². The number of benzene rings is 8. The maximum atomic E-state index is 2.81. The number of rotatable bonds is 6. The third kappa shape index (κ3) is 7.55. The molecule has 6 heteroatoms. The zero-order chi connectivity index (χ0) is 59.0. The molecule has 10 aromatic rings. The molecule has 1 atom stereocenters. The normalized spacial score (nSPS) is 20.3. The van der Waals surface area contributed by atoms with Crippen LogP contribution in [0, 0.1) is 0 Å². The molecule has 1 unspecified atom stereocenters. The van der Waals surface area contributed by atoms with Gasteiger partial charge >= 0.3 is 0 Å². The molecule has 6 aliphatic rings. The van der Waals surface area contributed by atoms with Crippen LogP contribution >= 0.6 is 22.7 Å². The van der Waals surface area contributed by atoms with E-state index in [4.69, 9.17) is 0 Å². The average molecular weight is 1150 g/mol. The Hall–Kier alpha value is -6.60. The number of hydrogen-bond donors (Lipinski definition) is 0. The molecule has 2 aromatic heterocycles. The van der Waals surface area contributed by atoms with Gasteiger partial charge in [0.2, 0.25) is 0 Å². The predicted molar refractivity (Wildman–Crippen MR) is 371 cm³/mol. The lowest BCUT2D eigenvalue weighted by atomic mass is 9.35. The summed E-state index contributed by atoms with van der Waals surface area (Å²) in [5.74, 6) is 0.836. The highest BCUT2D eigenvalue weighted by molar-refractivity contribution is 7.34. The van der Waals surface area contributed by atoms with Crippen molar-refractivity contribution in [3.05, 3.63) is 190 Å². The molecule has 5 heterocycles. The van der Waals surface area contributed by atoms with E-state index in [1.165, 1.54) is 137 Å². The highest BCUT2D eigenvalue weighted by Crippen LogP contribution is 2.60. The summed E-state index contributed by atoms with van der Waals surface area (Å²) in [6, 6.07) is 57.3. The van der Waals surface area contributed by atoms with Gasteiger partial charge in [-0.2, -0.15) is 0 Å². The molecular formula is C79H82BN3S2. The Morgan fingerprint density at radius 2 is 0.941 bits per heavy atom. The van der Waals surface area contributed by atoms with Gasteiger partial charge in [-0.1, -0.05) is 171 Å². The lowest BCUT2D eigenvalue weighted by Gasteiger charge is -2.48. The number of anilines is 9. The van der Waals surface area contributed by atoms with Crippen LogP contribution in [0.4, 0.5) is 51.2 Å². The number of hydrogen-bond acceptors (Lipinski definition) is 5. The van der Waals surface area contributed by atoms with Crippen molar-refractivity contribution in [1.29, 1.82) is 0 Å². The third-order valence-corrected chi connectivity index (χ3v) is 25.1. The second kappa shape index (κ2) is 17.8. The first-order valence-electron chi connectivity index (χ1n) is 32.0. The second-order valence-electron chi connectivity index (χ2n) is 30.9. The van der Waals surface area contributed by atoms with Gasteiger partial charge in [-0.15, -0.1) is 22.7 Å². The molecule has 0 amide bonds. The van der Waals surface area contributed by atoms with Gasteiger partial charge in [-0.05, 0) is 211 Å². The minimum absolute atomic E-state index is 0.000891. The van der Waals surface area contributed by atoms with E-state index in [1.807, 2.05) is 11.3 Å². The monoisotopic (exact) mass is 1150 g/mol. The summed E-state index contributed by atoms with van der Waals surface area (Å²) in [7, 11) is 0. The summed E-state index contributed by atoms with van der Waals surface area (Å²) in [5.41, 5.74) is 27.2. The summed E-state index contributed by atoms with van der Waals surface area (Å²) in [4.78, 5) is 8.16. The van der Waals surface area contributed by atoms with E-state index in [1.54, 1.807) is 0 Å². The van der Waals surface area contributed by atoms with Gasteiger partial charge in [0.05, 0.1) is 21.8 Å². The first-order chi connectivity index (χ1) is 40.3. The molecule has 4 bridgehead atoms. The van der Waals surface area contributed by atoms with Gasteiger partial charge in [-0.3, -0.25) is 0 Å². The van der Waals surface area contributed by atoms with E-state index < -0.39 is 0 Å². The SMILES string of the molecule is CC(C)c1ccc(N(c2ccc(C(C)C)cc2)c2cc3c4c(c2)N2c5c(sc6cc7c(cc56)C(C)(CCC7(C)C)c5cccc6c5sc5c2cccc56)B4c2cc4c(cc2N3c2ccc3c(c2)C(C)(C)CCC3(C)C)C(C)(C)CCC4(C)C)cc1. The quantitative estimate of drug-likeness (QED) is 0.154. The van der Waals surface area contributed by atoms with Gasteiger partial charge in [0, 0.05) is 69.9 Å². The van der Waals surface area contributed by atoms with Crippen molar-refractivity contribution in [3.63, 3.8) is 0 Å². The van der Waals surface area contributed by atoms with E-state index >= 15 is 0 Å². The van der Waals surface area contributed by atoms with Crippen LogP contribution in [-0.2, 0) is 32.5 Å². The van der Waals surface area contributed by atoms with Crippen molar-refractivity contribution < 1.29 is 0 Å². The Kier molecular flexibility index (Phi) is 11.3. The fraction of sp³-hybridized carbons (Fsp3) is 0.367. The fourth-order valence-corrected chi connectivity index (χ4v) is 19.7. The molecule has 8 aromatic carbocycles. The highest BCUT2D eigenvalue weighted by Gasteiger charge is 2.51. The van der Waals surface area contributed by atoms with E-state index in [-0.39, 0.29) is 39.2 Å². The Morgan fingerprint density at radius 1 is 0.412 bits per heavy atom. The van der Waals surface area contributed by atoms with Gasteiger partial charge < -0.3 is 14.7 Å². The summed E-state index contributed by atoms with van der Waals surface area (Å²) < 4.78 is 5.65. The zero-order valence-corrected chi connectivity index (χ0v) is 54.5. The summed E-state index contributed by atoms with van der Waals surface area (Å²) in [5, 5.41) is 4.11. The van der Waals surface area contributed by atoms with Gasteiger partial charge in [0.15, 0.2) is 0 Å². The maximum Gasteiger partial charge on any atom is 0.264 e. The Bertz CT molecular complexity index is 4450. The molecule has 85 heavy (non-hydrogen) atoms. The minimum atomic E-state index is -0.165. The number of thiophene rings is 2. The lowest BCUT2D eigenvalue weighted by molar-refractivity contribution is 0.332. The second-order valence-corrected chi connectivity index (χ2v) is 33.0. The van der Waals surface area contributed by atoms with E-state index in [2.05, 4.69) is 269 Å². The van der Waals surface area contributed by atoms with Crippen LogP contribution in [0.2, 0.25) is 0 Å². The number of fused-ring (bicyclic) bond motifs is 9. The maximum absolute atomic E-state index is 2.81. The molecule has 0 radical (unpaired) electrons. The van der Waals surface area contributed by atoms with Crippen LogP contribution in [0.15, 0.2) is 140 Å². The van der Waals surface area contributed by atoms with Crippen LogP contribution in [0.1, 0.15) is 204 Å². The van der Waals surface area contributed by atoms with Gasteiger partial charge in [-0.25, -0.2) is 0 Å². The summed E-state index contributed by atoms with van der Waals surface area (Å²) >= 11 is 4.13. The predicted octanol–water partition coefficient (Wildman–Crippen LogP) is 21.5. The van der Waals surface area contributed by atoms with E-state index in [0.717, 1.165) is 49.2 Å². The molecule has 0 N–H and O–H groups in total. The van der Waals surface area contributed by atoms with Crippen LogP contribution in [0.3, 0.4) is 0 Å². The molecule has 16 rings (SSSR count). The molecule has 0 saturated carbocycles. The number of nitrogens with zero attached hydrogens (tertiary/aromatic N) is 3. The summed E-state index contributed by atoms with van der Waals surface area (Å²) in [6.45, 7) is 36.9. The Morgan fingerprint density at radius 3 is 1.55 bits per heavy atom. The third-order valence-electron chi connectivity index (χ3n) is 22.7. The molecule has 428 valence electrons. The zero-order valence-electron chi connectivity index (χ0n) is 52.9.